The van der Waals surface area contributed by atoms with Crippen molar-refractivity contribution < 1.29 is 14.3 Å². The van der Waals surface area contributed by atoms with Crippen LogP contribution in [0.1, 0.15) is 33.7 Å². The Hall–Kier alpha value is -3.34. The maximum atomic E-state index is 12.4. The van der Waals surface area contributed by atoms with Gasteiger partial charge in [0.2, 0.25) is 5.91 Å². The lowest BCUT2D eigenvalue weighted by Gasteiger charge is -2.08. The van der Waals surface area contributed by atoms with Crippen LogP contribution in [0.2, 0.25) is 0 Å². The Morgan fingerprint density at radius 1 is 1.21 bits per heavy atom. The third-order valence-electron chi connectivity index (χ3n) is 3.88. The summed E-state index contributed by atoms with van der Waals surface area (Å²) in [7, 11) is 0. The molecule has 0 spiro atoms. The number of thiazole rings is 1. The van der Waals surface area contributed by atoms with Crippen LogP contribution in [0.4, 0.5) is 5.13 Å². The van der Waals surface area contributed by atoms with Crippen molar-refractivity contribution in [3.8, 4) is 5.82 Å². The van der Waals surface area contributed by atoms with Crippen LogP contribution in [0.25, 0.3) is 5.82 Å². The lowest BCUT2D eigenvalue weighted by Crippen LogP contribution is -2.30. The first-order valence-electron chi connectivity index (χ1n) is 8.84. The predicted molar refractivity (Wildman–Crippen MR) is 107 cm³/mol. The molecule has 29 heavy (non-hydrogen) atoms. The molecule has 1 amide bonds. The molecule has 0 aromatic carbocycles. The van der Waals surface area contributed by atoms with E-state index < -0.39 is 17.4 Å². The van der Waals surface area contributed by atoms with E-state index in [2.05, 4.69) is 20.5 Å². The van der Waals surface area contributed by atoms with E-state index in [1.165, 1.54) is 6.07 Å². The molecule has 0 radical (unpaired) electrons. The molecule has 0 atom stereocenters. The van der Waals surface area contributed by atoms with E-state index in [9.17, 15) is 14.4 Å². The second-order valence-electron chi connectivity index (χ2n) is 6.23. The number of nitrogens with one attached hydrogen (secondary N) is 1. The van der Waals surface area contributed by atoms with Gasteiger partial charge in [0.1, 0.15) is 11.4 Å². The van der Waals surface area contributed by atoms with Crippen LogP contribution in [0.3, 0.4) is 0 Å². The molecule has 0 bridgehead atoms. The Bertz CT molecular complexity index is 1130. The standard InChI is InChI=1S/C18H20N6O4S/c1-5-28-17(27)16-12(4)19-18(29-16)20-14(25)9-23-15(26)7-6-13(22-23)24-11(3)8-10(2)21-24/h6-8H,5,9H2,1-4H3,(H,19,20,25). The number of nitrogens with zero attached hydrogens (tertiary/aromatic N) is 5. The average molecular weight is 416 g/mol. The molecular formula is C18H20N6O4S. The van der Waals surface area contributed by atoms with Gasteiger partial charge in [0, 0.05) is 11.8 Å². The quantitative estimate of drug-likeness (QED) is 0.606. The fraction of sp³-hybridized carbons (Fsp3) is 0.333. The van der Waals surface area contributed by atoms with Gasteiger partial charge in [-0.15, -0.1) is 5.10 Å². The van der Waals surface area contributed by atoms with Gasteiger partial charge in [-0.25, -0.2) is 19.1 Å². The molecule has 0 aliphatic heterocycles. The Labute approximate surface area is 170 Å². The van der Waals surface area contributed by atoms with E-state index in [0.29, 0.717) is 16.4 Å². The number of carbonyl (C=O) groups is 2. The zero-order valence-corrected chi connectivity index (χ0v) is 17.2. The van der Waals surface area contributed by atoms with Crippen molar-refractivity contribution in [1.29, 1.82) is 0 Å². The first kappa shape index (κ1) is 20.4. The molecule has 3 rings (SSSR count). The summed E-state index contributed by atoms with van der Waals surface area (Å²) in [4.78, 5) is 40.9. The number of hydrogen-bond donors (Lipinski definition) is 1. The average Bonchev–Trinajstić information content (AvgIpc) is 3.18. The van der Waals surface area contributed by atoms with Crippen LogP contribution >= 0.6 is 11.3 Å². The van der Waals surface area contributed by atoms with Gasteiger partial charge in [-0.05, 0) is 39.8 Å². The Kier molecular flexibility index (Phi) is 5.87. The van der Waals surface area contributed by atoms with Crippen LogP contribution in [0.15, 0.2) is 23.0 Å². The normalized spacial score (nSPS) is 10.8. The van der Waals surface area contributed by atoms with Crippen molar-refractivity contribution in [1.82, 2.24) is 24.5 Å². The number of carbonyl (C=O) groups excluding carboxylic acids is 2. The van der Waals surface area contributed by atoms with Crippen LogP contribution in [0, 0.1) is 20.8 Å². The number of amides is 1. The summed E-state index contributed by atoms with van der Waals surface area (Å²) >= 11 is 1.02. The molecule has 0 unspecified atom stereocenters. The smallest absolute Gasteiger partial charge is 0.350 e. The summed E-state index contributed by atoms with van der Waals surface area (Å²) in [5, 5.41) is 11.4. The lowest BCUT2D eigenvalue weighted by molar-refractivity contribution is -0.117. The molecule has 11 heteroatoms. The molecular weight excluding hydrogens is 396 g/mol. The number of rotatable bonds is 6. The Morgan fingerprint density at radius 3 is 2.62 bits per heavy atom. The molecule has 0 aliphatic rings. The molecule has 0 saturated carbocycles. The fourth-order valence-electron chi connectivity index (χ4n) is 2.66. The number of anilines is 1. The molecule has 1 N–H and O–H groups in total. The van der Waals surface area contributed by atoms with Gasteiger partial charge in [-0.1, -0.05) is 11.3 Å². The summed E-state index contributed by atoms with van der Waals surface area (Å²) < 4.78 is 7.61. The number of ether oxygens (including phenoxy) is 1. The molecule has 0 aliphatic carbocycles. The Balaban J connectivity index is 1.77. The zero-order chi connectivity index (χ0) is 21.1. The van der Waals surface area contributed by atoms with Crippen LogP contribution in [-0.2, 0) is 16.1 Å². The molecule has 0 fully saturated rings. The molecule has 3 aromatic rings. The van der Waals surface area contributed by atoms with Gasteiger partial charge >= 0.3 is 5.97 Å². The highest BCUT2D eigenvalue weighted by molar-refractivity contribution is 7.17. The van der Waals surface area contributed by atoms with Gasteiger partial charge < -0.3 is 10.1 Å². The first-order valence-corrected chi connectivity index (χ1v) is 9.66. The first-order chi connectivity index (χ1) is 13.8. The highest BCUT2D eigenvalue weighted by atomic mass is 32.1. The number of esters is 1. The van der Waals surface area contributed by atoms with Crippen LogP contribution in [-0.4, -0.2) is 43.0 Å². The SMILES string of the molecule is CCOC(=O)c1sc(NC(=O)Cn2nc(-n3nc(C)cc3C)ccc2=O)nc1C. The van der Waals surface area contributed by atoms with E-state index in [1.54, 1.807) is 24.6 Å². The fourth-order valence-corrected chi connectivity index (χ4v) is 3.53. The van der Waals surface area contributed by atoms with Crippen LogP contribution in [0.5, 0.6) is 0 Å². The van der Waals surface area contributed by atoms with E-state index in [0.717, 1.165) is 27.4 Å². The summed E-state index contributed by atoms with van der Waals surface area (Å²) in [5.41, 5.74) is 1.71. The van der Waals surface area contributed by atoms with Gasteiger partial charge in [-0.3, -0.25) is 9.59 Å². The highest BCUT2D eigenvalue weighted by Crippen LogP contribution is 2.23. The minimum absolute atomic E-state index is 0.248. The minimum Gasteiger partial charge on any atom is -0.462 e. The topological polar surface area (TPSA) is 121 Å². The van der Waals surface area contributed by atoms with Crippen molar-refractivity contribution in [3.63, 3.8) is 0 Å². The van der Waals surface area contributed by atoms with Crippen molar-refractivity contribution in [2.24, 2.45) is 0 Å². The maximum Gasteiger partial charge on any atom is 0.350 e. The monoisotopic (exact) mass is 416 g/mol. The van der Waals surface area contributed by atoms with Gasteiger partial charge in [0.15, 0.2) is 10.9 Å². The van der Waals surface area contributed by atoms with Gasteiger partial charge in [0.25, 0.3) is 5.56 Å². The highest BCUT2D eigenvalue weighted by Gasteiger charge is 2.18. The van der Waals surface area contributed by atoms with Crippen molar-refractivity contribution in [2.75, 3.05) is 11.9 Å². The van der Waals surface area contributed by atoms with Gasteiger partial charge in [-0.2, -0.15) is 5.10 Å². The Morgan fingerprint density at radius 2 is 1.97 bits per heavy atom. The summed E-state index contributed by atoms with van der Waals surface area (Å²) in [6.07, 6.45) is 0. The number of aromatic nitrogens is 5. The van der Waals surface area contributed by atoms with E-state index >= 15 is 0 Å². The minimum atomic E-state index is -0.491. The number of hydrogen-bond acceptors (Lipinski definition) is 8. The predicted octanol–water partition coefficient (Wildman–Crippen LogP) is 1.63. The van der Waals surface area contributed by atoms with E-state index in [4.69, 9.17) is 4.74 Å². The van der Waals surface area contributed by atoms with Crippen molar-refractivity contribution in [2.45, 2.75) is 34.2 Å². The van der Waals surface area contributed by atoms with Crippen molar-refractivity contribution in [3.05, 3.63) is 50.5 Å². The molecule has 3 heterocycles. The number of aryl methyl sites for hydroxylation is 3. The molecule has 152 valence electrons. The van der Waals surface area contributed by atoms with E-state index in [-0.39, 0.29) is 18.3 Å². The summed E-state index contributed by atoms with van der Waals surface area (Å²) in [6.45, 7) is 7.03. The van der Waals surface area contributed by atoms with Crippen molar-refractivity contribution >= 4 is 28.3 Å². The summed E-state index contributed by atoms with van der Waals surface area (Å²) in [5.74, 6) is -0.551. The van der Waals surface area contributed by atoms with Gasteiger partial charge in [0.05, 0.1) is 18.0 Å². The third kappa shape index (κ3) is 4.57. The molecule has 10 nitrogen and oxygen atoms in total. The van der Waals surface area contributed by atoms with E-state index in [1.807, 2.05) is 19.9 Å². The van der Waals surface area contributed by atoms with Crippen LogP contribution < -0.4 is 10.9 Å². The largest absolute Gasteiger partial charge is 0.462 e. The third-order valence-corrected chi connectivity index (χ3v) is 4.93. The second-order valence-corrected chi connectivity index (χ2v) is 7.23. The zero-order valence-electron chi connectivity index (χ0n) is 16.4. The lowest BCUT2D eigenvalue weighted by atomic mass is 10.4. The maximum absolute atomic E-state index is 12.4. The second kappa shape index (κ2) is 8.35. The summed E-state index contributed by atoms with van der Waals surface area (Å²) in [6, 6.07) is 4.76. The molecule has 3 aromatic heterocycles. The molecule has 0 saturated heterocycles.